The Labute approximate surface area is 119 Å². The van der Waals surface area contributed by atoms with Gasteiger partial charge >= 0.3 is 7.82 Å². The molecule has 1 N–H and O–H groups in total. The number of para-hydroxylation sites is 1. The van der Waals surface area contributed by atoms with Crippen LogP contribution >= 0.6 is 7.82 Å². The highest BCUT2D eigenvalue weighted by molar-refractivity contribution is 7.47. The molecule has 1 aliphatic heterocycles. The molecule has 0 saturated carbocycles. The molecular weight excluding hydrogens is 279 g/mol. The zero-order valence-electron chi connectivity index (χ0n) is 11.4. The van der Waals surface area contributed by atoms with Gasteiger partial charge in [-0.25, -0.2) is 9.09 Å². The van der Waals surface area contributed by atoms with Gasteiger partial charge in [0.1, 0.15) is 5.75 Å². The van der Waals surface area contributed by atoms with Gasteiger partial charge in [-0.05, 0) is 25.0 Å². The third kappa shape index (κ3) is 5.63. The van der Waals surface area contributed by atoms with Gasteiger partial charge in [0, 0.05) is 6.42 Å². The molecule has 1 saturated heterocycles. The molecule has 1 fully saturated rings. The fraction of sp³-hybridized carbons (Fsp3) is 0.571. The van der Waals surface area contributed by atoms with Gasteiger partial charge < -0.3 is 9.63 Å². The number of hydrogen-bond acceptors (Lipinski definition) is 4. The smallest absolute Gasteiger partial charge is 0.464 e. The third-order valence-electron chi connectivity index (χ3n) is 3.10. The Morgan fingerprint density at radius 2 is 1.80 bits per heavy atom. The molecule has 0 amide bonds. The van der Waals surface area contributed by atoms with Crippen LogP contribution in [-0.2, 0) is 13.6 Å². The quantitative estimate of drug-likeness (QED) is 0.840. The van der Waals surface area contributed by atoms with E-state index >= 15 is 0 Å². The van der Waals surface area contributed by atoms with Crippen molar-refractivity contribution in [2.75, 3.05) is 6.61 Å². The summed E-state index contributed by atoms with van der Waals surface area (Å²) in [6, 6.07) is 9.14. The van der Waals surface area contributed by atoms with E-state index in [1.54, 1.807) is 12.1 Å². The lowest BCUT2D eigenvalue weighted by Crippen LogP contribution is -2.20. The van der Waals surface area contributed by atoms with Gasteiger partial charge in [-0.15, -0.1) is 0 Å². The van der Waals surface area contributed by atoms with Crippen LogP contribution < -0.4 is 4.74 Å². The van der Waals surface area contributed by atoms with Gasteiger partial charge in [-0.2, -0.15) is 0 Å². The predicted molar refractivity (Wildman–Crippen MR) is 75.4 cm³/mol. The number of benzene rings is 1. The summed E-state index contributed by atoms with van der Waals surface area (Å²) in [7, 11) is -4.04. The minimum atomic E-state index is -4.04. The van der Waals surface area contributed by atoms with Crippen LogP contribution in [0.2, 0.25) is 0 Å². The number of hydrogen-bond donors (Lipinski definition) is 1. The van der Waals surface area contributed by atoms with Gasteiger partial charge in [0.2, 0.25) is 6.29 Å². The summed E-state index contributed by atoms with van der Waals surface area (Å²) in [5.74, 6) is 0.618. The summed E-state index contributed by atoms with van der Waals surface area (Å²) in [5.41, 5.74) is 0. The molecule has 1 aromatic carbocycles. The maximum absolute atomic E-state index is 11.8. The van der Waals surface area contributed by atoms with Gasteiger partial charge in [-0.1, -0.05) is 37.5 Å². The summed E-state index contributed by atoms with van der Waals surface area (Å²) in [5, 5.41) is 0. The Kier molecular flexibility index (Phi) is 6.05. The van der Waals surface area contributed by atoms with Crippen LogP contribution in [-0.4, -0.2) is 17.8 Å². The fourth-order valence-corrected chi connectivity index (χ4v) is 2.95. The van der Waals surface area contributed by atoms with E-state index in [1.807, 2.05) is 18.2 Å². The highest BCUT2D eigenvalue weighted by Gasteiger charge is 2.28. The van der Waals surface area contributed by atoms with E-state index < -0.39 is 14.1 Å². The van der Waals surface area contributed by atoms with Crippen molar-refractivity contribution in [3.8, 4) is 5.75 Å². The molecule has 0 aliphatic carbocycles. The Morgan fingerprint density at radius 3 is 2.60 bits per heavy atom. The van der Waals surface area contributed by atoms with Crippen molar-refractivity contribution in [1.82, 2.24) is 0 Å². The van der Waals surface area contributed by atoms with Gasteiger partial charge in [0.05, 0.1) is 6.61 Å². The van der Waals surface area contributed by atoms with E-state index in [0.717, 1.165) is 32.1 Å². The second kappa shape index (κ2) is 7.79. The number of phosphoric acid groups is 1. The molecule has 1 heterocycles. The van der Waals surface area contributed by atoms with Gasteiger partial charge in [0.25, 0.3) is 0 Å². The van der Waals surface area contributed by atoms with E-state index in [2.05, 4.69) is 0 Å². The lowest BCUT2D eigenvalue weighted by atomic mass is 10.1. The first-order valence-electron chi connectivity index (χ1n) is 7.03. The van der Waals surface area contributed by atoms with E-state index in [4.69, 9.17) is 13.8 Å². The van der Waals surface area contributed by atoms with Crippen molar-refractivity contribution in [2.24, 2.45) is 0 Å². The van der Waals surface area contributed by atoms with Crippen LogP contribution in [0.4, 0.5) is 0 Å². The summed E-state index contributed by atoms with van der Waals surface area (Å²) in [4.78, 5) is 9.67. The summed E-state index contributed by atoms with van der Waals surface area (Å²) in [6.07, 6.45) is 4.65. The van der Waals surface area contributed by atoms with Crippen LogP contribution in [0.1, 0.15) is 38.5 Å². The molecular formula is C14H21O5P. The molecule has 2 rings (SSSR count). The van der Waals surface area contributed by atoms with Crippen molar-refractivity contribution < 1.29 is 23.2 Å². The van der Waals surface area contributed by atoms with Crippen LogP contribution in [0.15, 0.2) is 30.3 Å². The van der Waals surface area contributed by atoms with Crippen molar-refractivity contribution in [1.29, 1.82) is 0 Å². The molecule has 0 radical (unpaired) electrons. The average molecular weight is 300 g/mol. The highest BCUT2D eigenvalue weighted by Crippen LogP contribution is 2.45. The minimum Gasteiger partial charge on any atom is -0.464 e. The second-order valence-electron chi connectivity index (χ2n) is 4.82. The average Bonchev–Trinajstić information content (AvgIpc) is 2.45. The number of ether oxygens (including phenoxy) is 1. The van der Waals surface area contributed by atoms with Crippen LogP contribution in [0, 0.1) is 0 Å². The largest absolute Gasteiger partial charge is 0.475 e. The molecule has 0 spiro atoms. The molecule has 5 nitrogen and oxygen atoms in total. The molecule has 2 atom stereocenters. The zero-order valence-corrected chi connectivity index (χ0v) is 12.3. The van der Waals surface area contributed by atoms with E-state index in [1.165, 1.54) is 0 Å². The fourth-order valence-electron chi connectivity index (χ4n) is 2.09. The summed E-state index contributed by atoms with van der Waals surface area (Å²) >= 11 is 0. The van der Waals surface area contributed by atoms with Crippen molar-refractivity contribution >= 4 is 7.82 Å². The summed E-state index contributed by atoms with van der Waals surface area (Å²) in [6.45, 7) is 0.242. The SMILES string of the molecule is O=P1(O)OCCCCCCCC(Oc2ccccc2)O1. The second-order valence-corrected chi connectivity index (χ2v) is 6.23. The van der Waals surface area contributed by atoms with Crippen LogP contribution in [0.5, 0.6) is 5.75 Å². The number of phosphoric ester groups is 1. The zero-order chi connectivity index (χ0) is 14.3. The monoisotopic (exact) mass is 300 g/mol. The molecule has 0 bridgehead atoms. The highest BCUT2D eigenvalue weighted by atomic mass is 31.2. The molecule has 1 aromatic rings. The lowest BCUT2D eigenvalue weighted by molar-refractivity contribution is -0.0284. The molecule has 6 heteroatoms. The Morgan fingerprint density at radius 1 is 1.10 bits per heavy atom. The topological polar surface area (TPSA) is 65.0 Å². The van der Waals surface area contributed by atoms with E-state index in [-0.39, 0.29) is 6.61 Å². The van der Waals surface area contributed by atoms with Crippen molar-refractivity contribution in [2.45, 2.75) is 44.8 Å². The molecule has 2 unspecified atom stereocenters. The molecule has 112 valence electrons. The maximum atomic E-state index is 11.8. The first-order chi connectivity index (χ1) is 9.66. The van der Waals surface area contributed by atoms with E-state index in [0.29, 0.717) is 12.2 Å². The predicted octanol–water partition coefficient (Wildman–Crippen LogP) is 3.88. The van der Waals surface area contributed by atoms with E-state index in [9.17, 15) is 9.46 Å². The van der Waals surface area contributed by atoms with Gasteiger partial charge in [-0.3, -0.25) is 4.52 Å². The summed E-state index contributed by atoms with van der Waals surface area (Å²) < 4.78 is 27.5. The standard InChI is InChI=1S/C14H21O5P/c15-20(16)17-12-8-3-1-2-7-11-14(19-20)18-13-9-5-4-6-10-13/h4-6,9-10,14H,1-3,7-8,11-12H2,(H,15,16). The van der Waals surface area contributed by atoms with Gasteiger partial charge in [0.15, 0.2) is 0 Å². The normalized spacial score (nSPS) is 29.4. The number of rotatable bonds is 2. The molecule has 0 aromatic heterocycles. The lowest BCUT2D eigenvalue weighted by Gasteiger charge is -2.21. The minimum absolute atomic E-state index is 0.242. The Bertz CT molecular complexity index is 436. The Balaban J connectivity index is 2.00. The third-order valence-corrected chi connectivity index (χ3v) is 4.11. The molecule has 1 aliphatic rings. The first kappa shape index (κ1) is 15.5. The first-order valence-corrected chi connectivity index (χ1v) is 8.53. The van der Waals surface area contributed by atoms with Crippen molar-refractivity contribution in [3.05, 3.63) is 30.3 Å². The van der Waals surface area contributed by atoms with Crippen molar-refractivity contribution in [3.63, 3.8) is 0 Å². The maximum Gasteiger partial charge on any atom is 0.475 e. The molecule has 20 heavy (non-hydrogen) atoms. The van der Waals surface area contributed by atoms with Crippen LogP contribution in [0.25, 0.3) is 0 Å². The van der Waals surface area contributed by atoms with Crippen LogP contribution in [0.3, 0.4) is 0 Å². The Hall–Kier alpha value is -0.870.